The van der Waals surface area contributed by atoms with Crippen molar-refractivity contribution < 1.29 is 13.7 Å². The summed E-state index contributed by atoms with van der Waals surface area (Å²) in [6, 6.07) is 11.4. The Hall–Kier alpha value is -3.15. The van der Waals surface area contributed by atoms with E-state index in [4.69, 9.17) is 13.7 Å². The molecule has 0 atom stereocenters. The summed E-state index contributed by atoms with van der Waals surface area (Å²) >= 11 is 0. The molecule has 25 heavy (non-hydrogen) atoms. The van der Waals surface area contributed by atoms with Gasteiger partial charge in [-0.25, -0.2) is 4.98 Å². The highest BCUT2D eigenvalue weighted by Gasteiger charge is 2.14. The van der Waals surface area contributed by atoms with Gasteiger partial charge in [0, 0.05) is 17.5 Å². The molecule has 0 amide bonds. The van der Waals surface area contributed by atoms with E-state index in [1.165, 1.54) is 0 Å². The molecule has 0 unspecified atom stereocenters. The Morgan fingerprint density at radius 1 is 1.08 bits per heavy atom. The van der Waals surface area contributed by atoms with E-state index in [9.17, 15) is 0 Å². The van der Waals surface area contributed by atoms with Crippen molar-refractivity contribution in [1.29, 1.82) is 0 Å². The first kappa shape index (κ1) is 15.4. The van der Waals surface area contributed by atoms with E-state index in [-0.39, 0.29) is 0 Å². The molecule has 0 aliphatic rings. The molecule has 0 N–H and O–H groups in total. The standard InChI is InChI=1S/C19H17N3O3/c1-4-17-20-15-10-12(5-8-16(15)24-17)18-21-19(25-22-18)14-7-6-13(23-3)9-11(14)2/h5-10H,4H2,1-3H3. The Kier molecular flexibility index (Phi) is 3.72. The fourth-order valence-corrected chi connectivity index (χ4v) is 2.72. The number of oxazole rings is 1. The Morgan fingerprint density at radius 3 is 2.72 bits per heavy atom. The first-order valence-electron chi connectivity index (χ1n) is 8.06. The summed E-state index contributed by atoms with van der Waals surface area (Å²) < 4.78 is 16.3. The summed E-state index contributed by atoms with van der Waals surface area (Å²) in [5, 5.41) is 4.10. The molecule has 4 rings (SSSR count). The molecule has 6 nitrogen and oxygen atoms in total. The van der Waals surface area contributed by atoms with Crippen molar-refractivity contribution >= 4 is 11.1 Å². The largest absolute Gasteiger partial charge is 0.497 e. The summed E-state index contributed by atoms with van der Waals surface area (Å²) in [6.45, 7) is 3.99. The van der Waals surface area contributed by atoms with Crippen LogP contribution in [0.2, 0.25) is 0 Å². The van der Waals surface area contributed by atoms with E-state index in [1.54, 1.807) is 7.11 Å². The van der Waals surface area contributed by atoms with Crippen LogP contribution in [0.25, 0.3) is 33.9 Å². The van der Waals surface area contributed by atoms with Crippen LogP contribution in [0.1, 0.15) is 18.4 Å². The lowest BCUT2D eigenvalue weighted by Crippen LogP contribution is -1.87. The Morgan fingerprint density at radius 2 is 1.96 bits per heavy atom. The predicted molar refractivity (Wildman–Crippen MR) is 93.4 cm³/mol. The van der Waals surface area contributed by atoms with Crippen molar-refractivity contribution in [1.82, 2.24) is 15.1 Å². The Balaban J connectivity index is 1.71. The zero-order valence-corrected chi connectivity index (χ0v) is 14.2. The molecule has 0 bridgehead atoms. The topological polar surface area (TPSA) is 74.2 Å². The van der Waals surface area contributed by atoms with Gasteiger partial charge in [0.2, 0.25) is 5.82 Å². The highest BCUT2D eigenvalue weighted by molar-refractivity contribution is 5.79. The van der Waals surface area contributed by atoms with Crippen LogP contribution in [0.4, 0.5) is 0 Å². The summed E-state index contributed by atoms with van der Waals surface area (Å²) in [5.74, 6) is 2.51. The van der Waals surface area contributed by atoms with E-state index in [1.807, 2.05) is 50.2 Å². The zero-order valence-electron chi connectivity index (χ0n) is 14.2. The number of methoxy groups -OCH3 is 1. The van der Waals surface area contributed by atoms with E-state index < -0.39 is 0 Å². The molecular weight excluding hydrogens is 318 g/mol. The monoisotopic (exact) mass is 335 g/mol. The average molecular weight is 335 g/mol. The van der Waals surface area contributed by atoms with Gasteiger partial charge in [-0.1, -0.05) is 12.1 Å². The smallest absolute Gasteiger partial charge is 0.258 e. The quantitative estimate of drug-likeness (QED) is 0.549. The van der Waals surface area contributed by atoms with Crippen LogP contribution >= 0.6 is 0 Å². The molecule has 0 aliphatic carbocycles. The van der Waals surface area contributed by atoms with Crippen LogP contribution in [0.5, 0.6) is 5.75 Å². The predicted octanol–water partition coefficient (Wildman–Crippen LogP) is 4.42. The van der Waals surface area contributed by atoms with Gasteiger partial charge < -0.3 is 13.7 Å². The minimum absolute atomic E-state index is 0.477. The fourth-order valence-electron chi connectivity index (χ4n) is 2.72. The summed E-state index contributed by atoms with van der Waals surface area (Å²) in [6.07, 6.45) is 0.757. The van der Waals surface area contributed by atoms with Crippen LogP contribution in [-0.4, -0.2) is 22.2 Å². The third-order valence-electron chi connectivity index (χ3n) is 4.08. The molecule has 0 fully saturated rings. The molecule has 0 spiro atoms. The number of fused-ring (bicyclic) bond motifs is 1. The first-order chi connectivity index (χ1) is 12.2. The van der Waals surface area contributed by atoms with E-state index in [0.717, 1.165) is 45.9 Å². The van der Waals surface area contributed by atoms with E-state index >= 15 is 0 Å². The maximum absolute atomic E-state index is 5.63. The van der Waals surface area contributed by atoms with E-state index in [2.05, 4.69) is 15.1 Å². The van der Waals surface area contributed by atoms with Crippen molar-refractivity contribution in [2.45, 2.75) is 20.3 Å². The van der Waals surface area contributed by atoms with Gasteiger partial charge in [0.1, 0.15) is 11.3 Å². The molecule has 0 saturated heterocycles. The van der Waals surface area contributed by atoms with Gasteiger partial charge in [-0.2, -0.15) is 4.98 Å². The maximum Gasteiger partial charge on any atom is 0.258 e. The number of aromatic nitrogens is 3. The average Bonchev–Trinajstić information content (AvgIpc) is 3.27. The Bertz CT molecular complexity index is 1050. The van der Waals surface area contributed by atoms with Crippen LogP contribution in [0, 0.1) is 6.92 Å². The molecule has 6 heteroatoms. The second kappa shape index (κ2) is 6.05. The third-order valence-corrected chi connectivity index (χ3v) is 4.08. The highest BCUT2D eigenvalue weighted by Crippen LogP contribution is 2.28. The second-order valence-corrected chi connectivity index (χ2v) is 5.75. The number of rotatable bonds is 4. The lowest BCUT2D eigenvalue weighted by molar-refractivity contribution is 0.414. The fraction of sp³-hybridized carbons (Fsp3) is 0.211. The lowest BCUT2D eigenvalue weighted by atomic mass is 10.1. The van der Waals surface area contributed by atoms with Crippen LogP contribution in [0.3, 0.4) is 0 Å². The maximum atomic E-state index is 5.63. The van der Waals surface area contributed by atoms with Crippen LogP contribution < -0.4 is 4.74 Å². The number of benzene rings is 2. The third kappa shape index (κ3) is 2.76. The number of nitrogens with zero attached hydrogens (tertiary/aromatic N) is 3. The highest BCUT2D eigenvalue weighted by atomic mass is 16.5. The molecule has 0 aliphatic heterocycles. The van der Waals surface area contributed by atoms with Crippen molar-refractivity contribution in [3.8, 4) is 28.6 Å². The molecule has 2 aromatic heterocycles. The molecule has 4 aromatic rings. The zero-order chi connectivity index (χ0) is 17.4. The molecular formula is C19H17N3O3. The summed E-state index contributed by atoms with van der Waals surface area (Å²) in [5.41, 5.74) is 4.28. The normalized spacial score (nSPS) is 11.2. The van der Waals surface area contributed by atoms with Crippen molar-refractivity contribution in [2.75, 3.05) is 7.11 Å². The number of aryl methyl sites for hydroxylation is 2. The number of hydrogen-bond acceptors (Lipinski definition) is 6. The van der Waals surface area contributed by atoms with Gasteiger partial charge in [-0.05, 0) is 48.9 Å². The molecule has 0 radical (unpaired) electrons. The SMILES string of the molecule is CCc1nc2cc(-c3noc(-c4ccc(OC)cc4C)n3)ccc2o1. The number of hydrogen-bond donors (Lipinski definition) is 0. The molecule has 126 valence electrons. The molecule has 0 saturated carbocycles. The lowest BCUT2D eigenvalue weighted by Gasteiger charge is -2.03. The minimum Gasteiger partial charge on any atom is -0.497 e. The van der Waals surface area contributed by atoms with Gasteiger partial charge in [0.25, 0.3) is 5.89 Å². The Labute approximate surface area is 144 Å². The van der Waals surface area contributed by atoms with Gasteiger partial charge in [0.05, 0.1) is 7.11 Å². The molecule has 2 aromatic carbocycles. The van der Waals surface area contributed by atoms with Crippen LogP contribution in [-0.2, 0) is 6.42 Å². The van der Waals surface area contributed by atoms with Crippen LogP contribution in [0.15, 0.2) is 45.3 Å². The van der Waals surface area contributed by atoms with Gasteiger partial charge in [-0.3, -0.25) is 0 Å². The summed E-state index contributed by atoms with van der Waals surface area (Å²) in [7, 11) is 1.64. The van der Waals surface area contributed by atoms with Crippen molar-refractivity contribution in [3.05, 3.63) is 47.9 Å². The molecule has 2 heterocycles. The number of ether oxygens (including phenoxy) is 1. The van der Waals surface area contributed by atoms with Gasteiger partial charge in [0.15, 0.2) is 11.5 Å². The second-order valence-electron chi connectivity index (χ2n) is 5.75. The van der Waals surface area contributed by atoms with E-state index in [0.29, 0.717) is 11.7 Å². The van der Waals surface area contributed by atoms with Gasteiger partial charge >= 0.3 is 0 Å². The summed E-state index contributed by atoms with van der Waals surface area (Å²) in [4.78, 5) is 8.97. The first-order valence-corrected chi connectivity index (χ1v) is 8.06. The van der Waals surface area contributed by atoms with Crippen molar-refractivity contribution in [3.63, 3.8) is 0 Å². The minimum atomic E-state index is 0.477. The van der Waals surface area contributed by atoms with Gasteiger partial charge in [-0.15, -0.1) is 0 Å². The van der Waals surface area contributed by atoms with Crippen molar-refractivity contribution in [2.24, 2.45) is 0 Å².